The molecule has 3 aromatic rings. The summed E-state index contributed by atoms with van der Waals surface area (Å²) in [7, 11) is 1.30. The molecule has 190 valence electrons. The van der Waals surface area contributed by atoms with E-state index in [0.717, 1.165) is 11.3 Å². The van der Waals surface area contributed by atoms with Gasteiger partial charge in [0.05, 0.1) is 30.6 Å². The van der Waals surface area contributed by atoms with Gasteiger partial charge in [-0.1, -0.05) is 12.1 Å². The third-order valence-corrected chi connectivity index (χ3v) is 6.73. The quantitative estimate of drug-likeness (QED) is 0.228. The van der Waals surface area contributed by atoms with Crippen molar-refractivity contribution < 1.29 is 29.0 Å². The minimum atomic E-state index is -0.807. The van der Waals surface area contributed by atoms with Crippen LogP contribution in [0.5, 0.6) is 5.75 Å². The largest absolute Gasteiger partial charge is 0.507 e. The topological polar surface area (TPSA) is 111 Å². The van der Waals surface area contributed by atoms with Gasteiger partial charge in [0.2, 0.25) is 0 Å². The fourth-order valence-electron chi connectivity index (χ4n) is 4.94. The standard InChI is InChI=1S/C28H27N3O6/c1-17-14-21-15-20(8-9-22(21)37-17)25(32)23-24(18-4-6-19(7-5-18)28(35)36-2)31(27(34)26(23)33)12-3-11-30-13-10-29-16-30/h4-10,13,15-17,24,32H,3,11-12,14H2,1-2H3/t17-,24-/m0/s1. The van der Waals surface area contributed by atoms with Gasteiger partial charge in [0.1, 0.15) is 17.6 Å². The molecule has 0 saturated carbocycles. The first-order valence-corrected chi connectivity index (χ1v) is 12.1. The smallest absolute Gasteiger partial charge is 0.337 e. The lowest BCUT2D eigenvalue weighted by molar-refractivity contribution is -0.139. The number of amides is 1. The van der Waals surface area contributed by atoms with Crippen molar-refractivity contribution >= 4 is 23.4 Å². The summed E-state index contributed by atoms with van der Waals surface area (Å²) >= 11 is 0. The van der Waals surface area contributed by atoms with Gasteiger partial charge in [0.15, 0.2) is 0 Å². The van der Waals surface area contributed by atoms with Crippen molar-refractivity contribution in [1.82, 2.24) is 14.5 Å². The number of nitrogens with zero attached hydrogens (tertiary/aromatic N) is 3. The molecule has 1 fully saturated rings. The van der Waals surface area contributed by atoms with Crippen LogP contribution in [0.15, 0.2) is 66.8 Å². The number of rotatable bonds is 7. The zero-order valence-electron chi connectivity index (χ0n) is 20.6. The SMILES string of the molecule is COC(=O)c1ccc([C@H]2C(=C(O)c3ccc4c(c3)C[C@H](C)O4)C(=O)C(=O)N2CCCn2ccnc2)cc1. The summed E-state index contributed by atoms with van der Waals surface area (Å²) in [5, 5.41) is 11.4. The maximum absolute atomic E-state index is 13.3. The van der Waals surface area contributed by atoms with E-state index in [1.807, 2.05) is 17.7 Å². The molecular formula is C28H27N3O6. The number of aromatic nitrogens is 2. The molecule has 1 saturated heterocycles. The summed E-state index contributed by atoms with van der Waals surface area (Å²) in [6.45, 7) is 2.87. The number of esters is 1. The molecule has 0 bridgehead atoms. The molecule has 2 aliphatic heterocycles. The second-order valence-electron chi connectivity index (χ2n) is 9.22. The first-order chi connectivity index (χ1) is 17.9. The van der Waals surface area contributed by atoms with Gasteiger partial charge in [0, 0.05) is 37.5 Å². The van der Waals surface area contributed by atoms with Crippen LogP contribution in [0.2, 0.25) is 0 Å². The highest BCUT2D eigenvalue weighted by atomic mass is 16.5. The number of imidazole rings is 1. The lowest BCUT2D eigenvalue weighted by atomic mass is 9.94. The van der Waals surface area contributed by atoms with Crippen LogP contribution in [0.4, 0.5) is 0 Å². The average molecular weight is 502 g/mol. The number of carbonyl (C=O) groups excluding carboxylic acids is 3. The Bertz CT molecular complexity index is 1380. The van der Waals surface area contributed by atoms with E-state index >= 15 is 0 Å². The molecule has 2 aliphatic rings. The number of benzene rings is 2. The molecule has 37 heavy (non-hydrogen) atoms. The van der Waals surface area contributed by atoms with Gasteiger partial charge in [0.25, 0.3) is 11.7 Å². The Morgan fingerprint density at radius 3 is 2.59 bits per heavy atom. The number of hydrogen-bond donors (Lipinski definition) is 1. The zero-order chi connectivity index (χ0) is 26.1. The summed E-state index contributed by atoms with van der Waals surface area (Å²) < 4.78 is 12.4. The average Bonchev–Trinajstić information content (AvgIpc) is 3.62. The Morgan fingerprint density at radius 2 is 1.89 bits per heavy atom. The van der Waals surface area contributed by atoms with Crippen LogP contribution in [0.25, 0.3) is 5.76 Å². The van der Waals surface area contributed by atoms with Crippen LogP contribution in [-0.2, 0) is 27.3 Å². The third-order valence-electron chi connectivity index (χ3n) is 6.73. The van der Waals surface area contributed by atoms with Crippen LogP contribution in [0.1, 0.15) is 46.4 Å². The van der Waals surface area contributed by atoms with Gasteiger partial charge < -0.3 is 24.0 Å². The van der Waals surface area contributed by atoms with Crippen molar-refractivity contribution in [2.45, 2.75) is 38.5 Å². The Labute approximate surface area is 213 Å². The number of likely N-dealkylation sites (tertiary alicyclic amines) is 1. The first kappa shape index (κ1) is 24.3. The van der Waals surface area contributed by atoms with E-state index in [4.69, 9.17) is 9.47 Å². The van der Waals surface area contributed by atoms with Crippen LogP contribution < -0.4 is 4.74 Å². The van der Waals surface area contributed by atoms with E-state index in [9.17, 15) is 19.5 Å². The Hall–Kier alpha value is -4.40. The van der Waals surface area contributed by atoms with Gasteiger partial charge in [-0.15, -0.1) is 0 Å². The Kier molecular flexibility index (Phi) is 6.52. The number of fused-ring (bicyclic) bond motifs is 1. The van der Waals surface area contributed by atoms with Crippen molar-refractivity contribution in [2.24, 2.45) is 0 Å². The van der Waals surface area contributed by atoms with Gasteiger partial charge >= 0.3 is 5.97 Å². The molecule has 2 aromatic carbocycles. The van der Waals surface area contributed by atoms with Gasteiger partial charge in [-0.25, -0.2) is 9.78 Å². The van der Waals surface area contributed by atoms with Crippen molar-refractivity contribution in [2.75, 3.05) is 13.7 Å². The van der Waals surface area contributed by atoms with Crippen LogP contribution >= 0.6 is 0 Å². The van der Waals surface area contributed by atoms with Crippen molar-refractivity contribution in [3.8, 4) is 5.75 Å². The normalized spacial score (nSPS) is 20.1. The molecule has 0 unspecified atom stereocenters. The molecule has 0 spiro atoms. The molecule has 1 aromatic heterocycles. The molecule has 9 heteroatoms. The minimum Gasteiger partial charge on any atom is -0.507 e. The van der Waals surface area contributed by atoms with E-state index in [1.54, 1.807) is 55.0 Å². The number of methoxy groups -OCH3 is 1. The maximum Gasteiger partial charge on any atom is 0.337 e. The van der Waals surface area contributed by atoms with Gasteiger partial charge in [-0.05, 0) is 54.8 Å². The lowest BCUT2D eigenvalue weighted by Crippen LogP contribution is -2.31. The second kappa shape index (κ2) is 9.93. The summed E-state index contributed by atoms with van der Waals surface area (Å²) in [5.41, 5.74) is 2.35. The number of aryl methyl sites for hydroxylation is 1. The van der Waals surface area contributed by atoms with Gasteiger partial charge in [-0.2, -0.15) is 0 Å². The number of carbonyl (C=O) groups is 3. The monoisotopic (exact) mass is 501 g/mol. The Balaban J connectivity index is 1.53. The van der Waals surface area contributed by atoms with Crippen LogP contribution in [-0.4, -0.2) is 57.0 Å². The lowest BCUT2D eigenvalue weighted by Gasteiger charge is -2.25. The number of aliphatic hydroxyl groups is 1. The highest BCUT2D eigenvalue weighted by Crippen LogP contribution is 2.40. The molecular weight excluding hydrogens is 474 g/mol. The van der Waals surface area contributed by atoms with Crippen molar-refractivity contribution in [3.63, 3.8) is 0 Å². The van der Waals surface area contributed by atoms with Crippen LogP contribution in [0, 0.1) is 0 Å². The zero-order valence-corrected chi connectivity index (χ0v) is 20.6. The first-order valence-electron chi connectivity index (χ1n) is 12.1. The van der Waals surface area contributed by atoms with Crippen molar-refractivity contribution in [3.05, 3.63) is 89.0 Å². The summed E-state index contributed by atoms with van der Waals surface area (Å²) in [4.78, 5) is 43.9. The van der Waals surface area contributed by atoms with E-state index < -0.39 is 23.7 Å². The predicted octanol–water partition coefficient (Wildman–Crippen LogP) is 3.51. The molecule has 0 radical (unpaired) electrons. The van der Waals surface area contributed by atoms with Crippen LogP contribution in [0.3, 0.4) is 0 Å². The van der Waals surface area contributed by atoms with E-state index in [-0.39, 0.29) is 17.4 Å². The third kappa shape index (κ3) is 4.60. The molecule has 1 amide bonds. The maximum atomic E-state index is 13.3. The van der Waals surface area contributed by atoms with E-state index in [1.165, 1.54) is 12.0 Å². The number of ether oxygens (including phenoxy) is 2. The molecule has 1 N–H and O–H groups in total. The molecule has 5 rings (SSSR count). The highest BCUT2D eigenvalue weighted by molar-refractivity contribution is 6.46. The molecule has 2 atom stereocenters. The molecule has 0 aliphatic carbocycles. The highest BCUT2D eigenvalue weighted by Gasteiger charge is 2.46. The van der Waals surface area contributed by atoms with E-state index in [0.29, 0.717) is 42.6 Å². The number of aliphatic hydroxyl groups excluding tert-OH is 1. The van der Waals surface area contributed by atoms with Crippen molar-refractivity contribution in [1.29, 1.82) is 0 Å². The number of Topliss-reactive ketones (excluding diaryl/α,β-unsaturated/α-hetero) is 1. The Morgan fingerprint density at radius 1 is 1.14 bits per heavy atom. The number of hydrogen-bond acceptors (Lipinski definition) is 7. The fourth-order valence-corrected chi connectivity index (χ4v) is 4.94. The summed E-state index contributed by atoms with van der Waals surface area (Å²) in [5.74, 6) is -1.39. The predicted molar refractivity (Wildman–Crippen MR) is 134 cm³/mol. The summed E-state index contributed by atoms with van der Waals surface area (Å²) in [6, 6.07) is 11.0. The minimum absolute atomic E-state index is 0.0189. The molecule has 9 nitrogen and oxygen atoms in total. The summed E-state index contributed by atoms with van der Waals surface area (Å²) in [6.07, 6.45) is 6.50. The fraction of sp³-hybridized carbons (Fsp3) is 0.286. The van der Waals surface area contributed by atoms with E-state index in [2.05, 4.69) is 4.98 Å². The molecule has 3 heterocycles. The number of ketones is 1. The second-order valence-corrected chi connectivity index (χ2v) is 9.22. The van der Waals surface area contributed by atoms with Gasteiger partial charge in [-0.3, -0.25) is 9.59 Å².